The highest BCUT2D eigenvalue weighted by Crippen LogP contribution is 2.10. The standard InChI is InChI=1S/C15H22N2O3/c1-3-5-11-20-14(18)12-6-8-13(9-7-12)17-15(19)16-10-4-2/h6-9H,3-5,10-11H2,1-2H3,(H2,16,17,19). The molecule has 0 heterocycles. The topological polar surface area (TPSA) is 67.4 Å². The summed E-state index contributed by atoms with van der Waals surface area (Å²) in [6.45, 7) is 5.10. The summed E-state index contributed by atoms with van der Waals surface area (Å²) in [5, 5.41) is 5.40. The summed E-state index contributed by atoms with van der Waals surface area (Å²) in [5.74, 6) is -0.333. The van der Waals surface area contributed by atoms with E-state index in [1.807, 2.05) is 13.8 Å². The minimum Gasteiger partial charge on any atom is -0.462 e. The van der Waals surface area contributed by atoms with Crippen molar-refractivity contribution in [2.45, 2.75) is 33.1 Å². The van der Waals surface area contributed by atoms with Crippen molar-refractivity contribution in [3.8, 4) is 0 Å². The summed E-state index contributed by atoms with van der Waals surface area (Å²) in [6.07, 6.45) is 2.74. The van der Waals surface area contributed by atoms with Crippen LogP contribution in [0.25, 0.3) is 0 Å². The number of hydrogen-bond donors (Lipinski definition) is 2. The third-order valence-corrected chi connectivity index (χ3v) is 2.65. The molecule has 0 aromatic heterocycles. The van der Waals surface area contributed by atoms with Crippen LogP contribution in [-0.4, -0.2) is 25.2 Å². The number of ether oxygens (including phenoxy) is 1. The molecular formula is C15H22N2O3. The lowest BCUT2D eigenvalue weighted by Crippen LogP contribution is -2.29. The van der Waals surface area contributed by atoms with Crippen LogP contribution in [0.1, 0.15) is 43.5 Å². The molecule has 0 aliphatic rings. The second-order valence-corrected chi connectivity index (χ2v) is 4.45. The summed E-state index contributed by atoms with van der Waals surface area (Å²) in [6, 6.07) is 6.40. The Morgan fingerprint density at radius 2 is 1.80 bits per heavy atom. The molecular weight excluding hydrogens is 256 g/mol. The molecule has 0 saturated carbocycles. The molecule has 1 rings (SSSR count). The van der Waals surface area contributed by atoms with Gasteiger partial charge in [-0.2, -0.15) is 0 Å². The number of anilines is 1. The van der Waals surface area contributed by atoms with Crippen LogP contribution in [0.2, 0.25) is 0 Å². The van der Waals surface area contributed by atoms with Crippen LogP contribution in [0.3, 0.4) is 0 Å². The number of hydrogen-bond acceptors (Lipinski definition) is 3. The van der Waals surface area contributed by atoms with Crippen LogP contribution in [0, 0.1) is 0 Å². The number of carbonyl (C=O) groups excluding carboxylic acids is 2. The molecule has 0 saturated heterocycles. The third-order valence-electron chi connectivity index (χ3n) is 2.65. The first-order valence-corrected chi connectivity index (χ1v) is 6.99. The molecule has 110 valence electrons. The van der Waals surface area contributed by atoms with E-state index in [1.165, 1.54) is 0 Å². The maximum Gasteiger partial charge on any atom is 0.338 e. The molecule has 2 N–H and O–H groups in total. The first kappa shape index (κ1) is 16.0. The lowest BCUT2D eigenvalue weighted by Gasteiger charge is -2.07. The van der Waals surface area contributed by atoms with E-state index in [0.717, 1.165) is 19.3 Å². The van der Waals surface area contributed by atoms with Crippen molar-refractivity contribution in [3.63, 3.8) is 0 Å². The molecule has 0 radical (unpaired) electrons. The largest absolute Gasteiger partial charge is 0.462 e. The van der Waals surface area contributed by atoms with Gasteiger partial charge in [0, 0.05) is 12.2 Å². The fourth-order valence-electron chi connectivity index (χ4n) is 1.50. The molecule has 1 aromatic rings. The van der Waals surface area contributed by atoms with Crippen LogP contribution in [-0.2, 0) is 4.74 Å². The van der Waals surface area contributed by atoms with Crippen LogP contribution in [0.5, 0.6) is 0 Å². The van der Waals surface area contributed by atoms with E-state index < -0.39 is 0 Å². The number of urea groups is 1. The molecule has 0 unspecified atom stereocenters. The smallest absolute Gasteiger partial charge is 0.338 e. The molecule has 0 fully saturated rings. The molecule has 2 amide bonds. The van der Waals surface area contributed by atoms with Crippen molar-refractivity contribution in [2.75, 3.05) is 18.5 Å². The van der Waals surface area contributed by atoms with E-state index in [9.17, 15) is 9.59 Å². The van der Waals surface area contributed by atoms with E-state index in [2.05, 4.69) is 10.6 Å². The summed E-state index contributed by atoms with van der Waals surface area (Å²) in [7, 11) is 0. The van der Waals surface area contributed by atoms with Crippen molar-refractivity contribution in [1.29, 1.82) is 0 Å². The van der Waals surface area contributed by atoms with Crippen molar-refractivity contribution in [2.24, 2.45) is 0 Å². The summed E-state index contributed by atoms with van der Waals surface area (Å²) >= 11 is 0. The quantitative estimate of drug-likeness (QED) is 0.594. The second kappa shape index (κ2) is 8.96. The van der Waals surface area contributed by atoms with Crippen molar-refractivity contribution in [1.82, 2.24) is 5.32 Å². The normalized spacial score (nSPS) is 9.90. The van der Waals surface area contributed by atoms with Crippen molar-refractivity contribution >= 4 is 17.7 Å². The number of esters is 1. The SMILES string of the molecule is CCCCOC(=O)c1ccc(NC(=O)NCCC)cc1. The molecule has 0 aliphatic heterocycles. The van der Waals surface area contributed by atoms with Crippen molar-refractivity contribution < 1.29 is 14.3 Å². The predicted octanol–water partition coefficient (Wildman–Crippen LogP) is 3.18. The molecule has 0 aliphatic carbocycles. The van der Waals surface area contributed by atoms with Gasteiger partial charge in [-0.25, -0.2) is 9.59 Å². The average molecular weight is 278 g/mol. The lowest BCUT2D eigenvalue weighted by atomic mass is 10.2. The van der Waals surface area contributed by atoms with Gasteiger partial charge in [0.05, 0.1) is 12.2 Å². The van der Waals surface area contributed by atoms with E-state index in [1.54, 1.807) is 24.3 Å². The minimum atomic E-state index is -0.333. The third kappa shape index (κ3) is 5.73. The van der Waals surface area contributed by atoms with Crippen LogP contribution < -0.4 is 10.6 Å². The Kier molecular flexibility index (Phi) is 7.17. The Bertz CT molecular complexity index is 429. The van der Waals surface area contributed by atoms with Gasteiger partial charge in [0.2, 0.25) is 0 Å². The Morgan fingerprint density at radius 1 is 1.10 bits per heavy atom. The average Bonchev–Trinajstić information content (AvgIpc) is 2.46. The summed E-state index contributed by atoms with van der Waals surface area (Å²) in [5.41, 5.74) is 1.13. The van der Waals surface area contributed by atoms with Crippen molar-refractivity contribution in [3.05, 3.63) is 29.8 Å². The van der Waals surface area contributed by atoms with Gasteiger partial charge >= 0.3 is 12.0 Å². The highest BCUT2D eigenvalue weighted by Gasteiger charge is 2.07. The van der Waals surface area contributed by atoms with E-state index in [-0.39, 0.29) is 12.0 Å². The maximum atomic E-state index is 11.7. The number of rotatable bonds is 7. The van der Waals surface area contributed by atoms with Gasteiger partial charge in [-0.3, -0.25) is 0 Å². The van der Waals surface area contributed by atoms with Gasteiger partial charge in [0.1, 0.15) is 0 Å². The maximum absolute atomic E-state index is 11.7. The highest BCUT2D eigenvalue weighted by molar-refractivity contribution is 5.92. The Morgan fingerprint density at radius 3 is 2.40 bits per heavy atom. The second-order valence-electron chi connectivity index (χ2n) is 4.45. The molecule has 20 heavy (non-hydrogen) atoms. The lowest BCUT2D eigenvalue weighted by molar-refractivity contribution is 0.0500. The first-order valence-electron chi connectivity index (χ1n) is 6.99. The van der Waals surface area contributed by atoms with Gasteiger partial charge in [-0.1, -0.05) is 20.3 Å². The van der Waals surface area contributed by atoms with Gasteiger partial charge in [0.25, 0.3) is 0 Å². The molecule has 0 bridgehead atoms. The molecule has 1 aromatic carbocycles. The number of amides is 2. The van der Waals surface area contributed by atoms with Gasteiger partial charge in [0.15, 0.2) is 0 Å². The summed E-state index contributed by atoms with van der Waals surface area (Å²) in [4.78, 5) is 23.1. The van der Waals surface area contributed by atoms with Crippen LogP contribution in [0.15, 0.2) is 24.3 Å². The van der Waals surface area contributed by atoms with E-state index in [4.69, 9.17) is 4.74 Å². The number of nitrogens with one attached hydrogen (secondary N) is 2. The minimum absolute atomic E-state index is 0.245. The molecule has 0 atom stereocenters. The fourth-order valence-corrected chi connectivity index (χ4v) is 1.50. The number of benzene rings is 1. The Balaban J connectivity index is 2.47. The Hall–Kier alpha value is -2.04. The zero-order valence-corrected chi connectivity index (χ0v) is 12.1. The highest BCUT2D eigenvalue weighted by atomic mass is 16.5. The van der Waals surface area contributed by atoms with E-state index >= 15 is 0 Å². The van der Waals surface area contributed by atoms with Gasteiger partial charge < -0.3 is 15.4 Å². The molecule has 5 heteroatoms. The zero-order chi connectivity index (χ0) is 14.8. The fraction of sp³-hybridized carbons (Fsp3) is 0.467. The summed E-state index contributed by atoms with van der Waals surface area (Å²) < 4.78 is 5.10. The van der Waals surface area contributed by atoms with Crippen LogP contribution in [0.4, 0.5) is 10.5 Å². The van der Waals surface area contributed by atoms with Gasteiger partial charge in [-0.05, 0) is 37.1 Å². The predicted molar refractivity (Wildman–Crippen MR) is 78.9 cm³/mol. The van der Waals surface area contributed by atoms with Crippen LogP contribution >= 0.6 is 0 Å². The number of carbonyl (C=O) groups is 2. The Labute approximate surface area is 119 Å². The monoisotopic (exact) mass is 278 g/mol. The van der Waals surface area contributed by atoms with E-state index in [0.29, 0.717) is 24.4 Å². The molecule has 0 spiro atoms. The molecule has 5 nitrogen and oxygen atoms in total. The number of unbranched alkanes of at least 4 members (excludes halogenated alkanes) is 1. The van der Waals surface area contributed by atoms with Gasteiger partial charge in [-0.15, -0.1) is 0 Å². The zero-order valence-electron chi connectivity index (χ0n) is 12.1. The first-order chi connectivity index (χ1) is 9.67.